The highest BCUT2D eigenvalue weighted by Gasteiger charge is 2.03. The number of hydrogen-bond donors (Lipinski definition) is 1. The third-order valence-corrected chi connectivity index (χ3v) is 2.38. The molecule has 0 aromatic carbocycles. The molecule has 0 aliphatic carbocycles. The highest BCUT2D eigenvalue weighted by molar-refractivity contribution is 7.14. The number of nitrogens with zero attached hydrogens (tertiary/aromatic N) is 1. The molecular formula is C6H6Cl2N2OS. The van der Waals surface area contributed by atoms with E-state index in [4.69, 9.17) is 23.2 Å². The summed E-state index contributed by atoms with van der Waals surface area (Å²) in [4.78, 5) is 14.8. The van der Waals surface area contributed by atoms with Gasteiger partial charge in [0.1, 0.15) is 5.88 Å². The van der Waals surface area contributed by atoms with Gasteiger partial charge in [-0.05, 0) is 0 Å². The van der Waals surface area contributed by atoms with Gasteiger partial charge in [-0.15, -0.1) is 34.5 Å². The van der Waals surface area contributed by atoms with Crippen LogP contribution in [0, 0.1) is 0 Å². The maximum atomic E-state index is 10.8. The van der Waals surface area contributed by atoms with Crippen LogP contribution in [0.2, 0.25) is 0 Å². The van der Waals surface area contributed by atoms with Crippen LogP contribution in [0.15, 0.2) is 5.38 Å². The van der Waals surface area contributed by atoms with Crippen molar-refractivity contribution in [3.63, 3.8) is 0 Å². The molecule has 0 saturated heterocycles. The minimum absolute atomic E-state index is 0.0597. The molecule has 12 heavy (non-hydrogen) atoms. The van der Waals surface area contributed by atoms with Gasteiger partial charge in [0.05, 0.1) is 11.6 Å². The van der Waals surface area contributed by atoms with Crippen molar-refractivity contribution in [2.45, 2.75) is 5.88 Å². The summed E-state index contributed by atoms with van der Waals surface area (Å²) in [6.45, 7) is 0. The van der Waals surface area contributed by atoms with Crippen LogP contribution in [0.5, 0.6) is 0 Å². The Morgan fingerprint density at radius 2 is 2.42 bits per heavy atom. The Morgan fingerprint density at radius 1 is 1.67 bits per heavy atom. The number of rotatable bonds is 3. The topological polar surface area (TPSA) is 42.0 Å². The highest BCUT2D eigenvalue weighted by atomic mass is 35.5. The van der Waals surface area contributed by atoms with E-state index < -0.39 is 0 Å². The van der Waals surface area contributed by atoms with E-state index in [0.29, 0.717) is 11.0 Å². The number of alkyl halides is 2. The Balaban J connectivity index is 2.58. The molecular weight excluding hydrogens is 219 g/mol. The van der Waals surface area contributed by atoms with Gasteiger partial charge < -0.3 is 5.32 Å². The molecule has 1 N–H and O–H groups in total. The summed E-state index contributed by atoms with van der Waals surface area (Å²) >= 11 is 12.1. The maximum Gasteiger partial charge on any atom is 0.241 e. The lowest BCUT2D eigenvalue weighted by molar-refractivity contribution is -0.113. The van der Waals surface area contributed by atoms with Crippen LogP contribution in [0.1, 0.15) is 5.69 Å². The number of nitrogens with one attached hydrogen (secondary N) is 1. The second-order valence-electron chi connectivity index (χ2n) is 1.96. The Morgan fingerprint density at radius 3 is 2.92 bits per heavy atom. The number of amides is 1. The summed E-state index contributed by atoms with van der Waals surface area (Å²) in [6.07, 6.45) is 0. The van der Waals surface area contributed by atoms with Crippen LogP contribution in [-0.4, -0.2) is 16.8 Å². The van der Waals surface area contributed by atoms with Crippen molar-refractivity contribution in [3.05, 3.63) is 11.1 Å². The number of anilines is 1. The summed E-state index contributed by atoms with van der Waals surface area (Å²) in [7, 11) is 0. The van der Waals surface area contributed by atoms with Crippen molar-refractivity contribution in [3.8, 4) is 0 Å². The van der Waals surface area contributed by atoms with Gasteiger partial charge in [0.2, 0.25) is 5.91 Å². The highest BCUT2D eigenvalue weighted by Crippen LogP contribution is 2.16. The number of carbonyl (C=O) groups is 1. The van der Waals surface area contributed by atoms with Gasteiger partial charge in [0.15, 0.2) is 5.13 Å². The molecule has 0 aliphatic rings. The third kappa shape index (κ3) is 2.62. The molecule has 0 unspecified atom stereocenters. The smallest absolute Gasteiger partial charge is 0.241 e. The first kappa shape index (κ1) is 9.77. The average Bonchev–Trinajstić information content (AvgIpc) is 2.52. The van der Waals surface area contributed by atoms with E-state index in [1.807, 2.05) is 0 Å². The van der Waals surface area contributed by atoms with E-state index in [1.165, 1.54) is 11.3 Å². The van der Waals surface area contributed by atoms with Gasteiger partial charge in [-0.2, -0.15) is 0 Å². The fourth-order valence-corrected chi connectivity index (χ4v) is 1.60. The Kier molecular flexibility index (Phi) is 3.78. The zero-order valence-corrected chi connectivity index (χ0v) is 8.34. The molecule has 0 fully saturated rings. The van der Waals surface area contributed by atoms with Crippen molar-refractivity contribution in [2.75, 3.05) is 11.2 Å². The standard InChI is InChI=1S/C6H6Cl2N2OS/c7-1-4-3-12-6(9-4)10-5(11)2-8/h3H,1-2H2,(H,9,10,11). The summed E-state index contributed by atoms with van der Waals surface area (Å²) < 4.78 is 0. The van der Waals surface area contributed by atoms with Gasteiger partial charge in [-0.3, -0.25) is 4.79 Å². The van der Waals surface area contributed by atoms with Gasteiger partial charge in [-0.1, -0.05) is 0 Å². The minimum atomic E-state index is -0.257. The van der Waals surface area contributed by atoms with E-state index in [9.17, 15) is 4.79 Å². The SMILES string of the molecule is O=C(CCl)Nc1nc(CCl)cs1. The Labute approximate surface area is 83.7 Å². The molecule has 1 aromatic rings. The molecule has 0 atom stereocenters. The van der Waals surface area contributed by atoms with Crippen LogP contribution in [0.25, 0.3) is 0 Å². The second-order valence-corrected chi connectivity index (χ2v) is 3.35. The van der Waals surface area contributed by atoms with Gasteiger partial charge in [0.25, 0.3) is 0 Å². The molecule has 0 radical (unpaired) electrons. The van der Waals surface area contributed by atoms with Crippen LogP contribution in [0.3, 0.4) is 0 Å². The Bertz CT molecular complexity index is 276. The van der Waals surface area contributed by atoms with Gasteiger partial charge >= 0.3 is 0 Å². The first-order chi connectivity index (χ1) is 5.76. The second kappa shape index (κ2) is 4.64. The largest absolute Gasteiger partial charge is 0.301 e. The molecule has 3 nitrogen and oxygen atoms in total. The average molecular weight is 225 g/mol. The van der Waals surface area contributed by atoms with E-state index in [1.54, 1.807) is 5.38 Å². The third-order valence-electron chi connectivity index (χ3n) is 1.06. The Hall–Kier alpha value is -0.320. The molecule has 6 heteroatoms. The van der Waals surface area contributed by atoms with Crippen molar-refractivity contribution >= 4 is 45.6 Å². The summed E-state index contributed by atoms with van der Waals surface area (Å²) in [5, 5.41) is 4.85. The summed E-state index contributed by atoms with van der Waals surface area (Å²) in [5.41, 5.74) is 0.756. The first-order valence-corrected chi connectivity index (χ1v) is 5.07. The molecule has 0 spiro atoms. The van der Waals surface area contributed by atoms with Crippen molar-refractivity contribution in [1.82, 2.24) is 4.98 Å². The molecule has 0 saturated carbocycles. The van der Waals surface area contributed by atoms with E-state index >= 15 is 0 Å². The van der Waals surface area contributed by atoms with Crippen LogP contribution < -0.4 is 5.32 Å². The lowest BCUT2D eigenvalue weighted by atomic mass is 10.6. The molecule has 1 rings (SSSR count). The zero-order valence-electron chi connectivity index (χ0n) is 6.01. The van der Waals surface area contributed by atoms with Gasteiger partial charge in [-0.25, -0.2) is 4.98 Å². The number of carbonyl (C=O) groups excluding carboxylic acids is 1. The van der Waals surface area contributed by atoms with Crippen molar-refractivity contribution in [1.29, 1.82) is 0 Å². The molecule has 66 valence electrons. The molecule has 1 heterocycles. The van der Waals surface area contributed by atoms with Crippen molar-refractivity contribution in [2.24, 2.45) is 0 Å². The minimum Gasteiger partial charge on any atom is -0.301 e. The zero-order chi connectivity index (χ0) is 8.97. The molecule has 1 amide bonds. The van der Waals surface area contributed by atoms with Crippen LogP contribution >= 0.6 is 34.5 Å². The van der Waals surface area contributed by atoms with Crippen LogP contribution in [0.4, 0.5) is 5.13 Å². The normalized spacial score (nSPS) is 9.83. The predicted molar refractivity (Wildman–Crippen MR) is 51.0 cm³/mol. The number of hydrogen-bond acceptors (Lipinski definition) is 3. The summed E-state index contributed by atoms with van der Waals surface area (Å²) in [6, 6.07) is 0. The van der Waals surface area contributed by atoms with Gasteiger partial charge in [0, 0.05) is 5.38 Å². The van der Waals surface area contributed by atoms with E-state index in [2.05, 4.69) is 10.3 Å². The van der Waals surface area contributed by atoms with Crippen molar-refractivity contribution < 1.29 is 4.79 Å². The maximum absolute atomic E-state index is 10.8. The number of halogens is 2. The van der Waals surface area contributed by atoms with E-state index in [-0.39, 0.29) is 11.8 Å². The number of aromatic nitrogens is 1. The molecule has 1 aromatic heterocycles. The molecule has 0 aliphatic heterocycles. The molecule has 0 bridgehead atoms. The lowest BCUT2D eigenvalue weighted by Crippen LogP contribution is -2.12. The fraction of sp³-hybridized carbons (Fsp3) is 0.333. The van der Waals surface area contributed by atoms with Crippen LogP contribution in [-0.2, 0) is 10.7 Å². The summed E-state index contributed by atoms with van der Waals surface area (Å²) in [5.74, 6) is 0.0374. The number of thiazole rings is 1. The quantitative estimate of drug-likeness (QED) is 0.800. The first-order valence-electron chi connectivity index (χ1n) is 3.12. The monoisotopic (exact) mass is 224 g/mol. The van der Waals surface area contributed by atoms with E-state index in [0.717, 1.165) is 5.69 Å². The fourth-order valence-electron chi connectivity index (χ4n) is 0.578. The lowest BCUT2D eigenvalue weighted by Gasteiger charge is -1.94. The predicted octanol–water partition coefficient (Wildman–Crippen LogP) is 2.06.